The Kier molecular flexibility index (Phi) is 7.88. The van der Waals surface area contributed by atoms with E-state index in [1.165, 1.54) is 24.0 Å². The zero-order chi connectivity index (χ0) is 18.7. The Labute approximate surface area is 164 Å². The Morgan fingerprint density at radius 1 is 0.815 bits per heavy atom. The minimum absolute atomic E-state index is 0.258. The first-order valence-corrected chi connectivity index (χ1v) is 10.3. The van der Waals surface area contributed by atoms with Crippen molar-refractivity contribution in [2.24, 2.45) is 0 Å². The molecular weight excluding hydrogens is 328 g/mol. The fraction of sp³-hybridized carbons (Fsp3) is 0.360. The molecule has 1 aliphatic rings. The van der Waals surface area contributed by atoms with Crippen molar-refractivity contribution in [2.45, 2.75) is 44.7 Å². The third-order valence-electron chi connectivity index (χ3n) is 5.20. The van der Waals surface area contributed by atoms with Crippen molar-refractivity contribution in [1.82, 2.24) is 10.6 Å². The van der Waals surface area contributed by atoms with Crippen LogP contribution in [0.1, 0.15) is 55.8 Å². The number of nitrogens with one attached hydrogen (secondary N) is 2. The summed E-state index contributed by atoms with van der Waals surface area (Å²) in [7, 11) is 0. The lowest BCUT2D eigenvalue weighted by Crippen LogP contribution is -2.36. The third kappa shape index (κ3) is 5.92. The van der Waals surface area contributed by atoms with Crippen LogP contribution in [0, 0.1) is 0 Å². The van der Waals surface area contributed by atoms with Crippen molar-refractivity contribution >= 4 is 0 Å². The van der Waals surface area contributed by atoms with Crippen molar-refractivity contribution in [2.75, 3.05) is 13.1 Å². The quantitative estimate of drug-likeness (QED) is 0.418. The standard InChI is InChI=1S/C25H32N2/c1-2-26-24(22-16-8-4-9-17-22)25(23-18-10-5-11-19-23)27-20-12-15-21-13-6-3-7-14-21/h3-6,8-11,14,16-19,24-27H,2,7,12-13,15,20H2,1H3/t24-,25-/m0/s1. The van der Waals surface area contributed by atoms with Gasteiger partial charge in [0.2, 0.25) is 0 Å². The predicted molar refractivity (Wildman–Crippen MR) is 116 cm³/mol. The molecular formula is C25H32N2. The topological polar surface area (TPSA) is 24.1 Å². The Balaban J connectivity index is 1.69. The predicted octanol–water partition coefficient (Wildman–Crippen LogP) is 5.72. The molecule has 0 saturated heterocycles. The van der Waals surface area contributed by atoms with Gasteiger partial charge in [-0.15, -0.1) is 0 Å². The Bertz CT molecular complexity index is 719. The molecule has 0 aliphatic heterocycles. The Morgan fingerprint density at radius 3 is 2.00 bits per heavy atom. The van der Waals surface area contributed by atoms with Crippen LogP contribution in [-0.2, 0) is 0 Å². The highest BCUT2D eigenvalue weighted by molar-refractivity contribution is 5.27. The molecule has 2 heteroatoms. The summed E-state index contributed by atoms with van der Waals surface area (Å²) < 4.78 is 0. The first-order chi connectivity index (χ1) is 13.4. The zero-order valence-electron chi connectivity index (χ0n) is 16.4. The molecule has 2 aromatic rings. The highest BCUT2D eigenvalue weighted by Gasteiger charge is 2.23. The molecule has 3 rings (SSSR count). The summed E-state index contributed by atoms with van der Waals surface area (Å²) in [4.78, 5) is 0. The minimum Gasteiger partial charge on any atom is -0.309 e. The van der Waals surface area contributed by atoms with Gasteiger partial charge in [-0.05, 0) is 49.9 Å². The summed E-state index contributed by atoms with van der Waals surface area (Å²) in [6.45, 7) is 4.15. The molecule has 2 aromatic carbocycles. The molecule has 0 spiro atoms. The van der Waals surface area contributed by atoms with E-state index in [1.807, 2.05) is 0 Å². The van der Waals surface area contributed by atoms with Crippen LogP contribution in [-0.4, -0.2) is 13.1 Å². The number of allylic oxidation sites excluding steroid dienone is 4. The lowest BCUT2D eigenvalue weighted by atomic mass is 9.93. The van der Waals surface area contributed by atoms with Gasteiger partial charge in [-0.3, -0.25) is 0 Å². The summed E-state index contributed by atoms with van der Waals surface area (Å²) >= 11 is 0. The van der Waals surface area contributed by atoms with E-state index >= 15 is 0 Å². The van der Waals surface area contributed by atoms with Crippen molar-refractivity contribution in [3.63, 3.8) is 0 Å². The summed E-state index contributed by atoms with van der Waals surface area (Å²) in [6.07, 6.45) is 11.5. The maximum absolute atomic E-state index is 3.85. The SMILES string of the molecule is CCN[C@@H](c1ccccc1)[C@@H](NCCCC1=CCC=CC1)c1ccccc1. The lowest BCUT2D eigenvalue weighted by Gasteiger charge is -2.30. The minimum atomic E-state index is 0.258. The van der Waals surface area contributed by atoms with Crippen molar-refractivity contribution < 1.29 is 0 Å². The fourth-order valence-electron chi connectivity index (χ4n) is 3.82. The first-order valence-electron chi connectivity index (χ1n) is 10.3. The second-order valence-electron chi connectivity index (χ2n) is 7.17. The van der Waals surface area contributed by atoms with Crippen LogP contribution in [0.25, 0.3) is 0 Å². The van der Waals surface area contributed by atoms with Crippen LogP contribution in [0.4, 0.5) is 0 Å². The van der Waals surface area contributed by atoms with E-state index in [9.17, 15) is 0 Å². The summed E-state index contributed by atoms with van der Waals surface area (Å²) in [5.74, 6) is 0. The van der Waals surface area contributed by atoms with Gasteiger partial charge in [0.25, 0.3) is 0 Å². The van der Waals surface area contributed by atoms with E-state index in [0.717, 1.165) is 25.9 Å². The molecule has 142 valence electrons. The largest absolute Gasteiger partial charge is 0.309 e. The zero-order valence-corrected chi connectivity index (χ0v) is 16.4. The second kappa shape index (κ2) is 10.9. The van der Waals surface area contributed by atoms with Crippen LogP contribution in [0.15, 0.2) is 84.5 Å². The highest BCUT2D eigenvalue weighted by Crippen LogP contribution is 2.29. The summed E-state index contributed by atoms with van der Waals surface area (Å²) in [5, 5.41) is 7.56. The number of hydrogen-bond acceptors (Lipinski definition) is 2. The summed E-state index contributed by atoms with van der Waals surface area (Å²) in [5.41, 5.74) is 4.26. The molecule has 0 radical (unpaired) electrons. The normalized spacial score (nSPS) is 16.0. The average molecular weight is 361 g/mol. The average Bonchev–Trinajstić information content (AvgIpc) is 2.75. The molecule has 0 amide bonds. The number of benzene rings is 2. The van der Waals surface area contributed by atoms with E-state index in [2.05, 4.69) is 96.4 Å². The molecule has 0 aromatic heterocycles. The number of hydrogen-bond donors (Lipinski definition) is 2. The van der Waals surface area contributed by atoms with Gasteiger partial charge in [-0.2, -0.15) is 0 Å². The van der Waals surface area contributed by atoms with Crippen LogP contribution < -0.4 is 10.6 Å². The van der Waals surface area contributed by atoms with E-state index in [0.29, 0.717) is 0 Å². The first kappa shape index (κ1) is 19.6. The van der Waals surface area contributed by atoms with E-state index in [1.54, 1.807) is 5.57 Å². The van der Waals surface area contributed by atoms with Crippen LogP contribution in [0.5, 0.6) is 0 Å². The fourth-order valence-corrected chi connectivity index (χ4v) is 3.82. The molecule has 0 saturated carbocycles. The smallest absolute Gasteiger partial charge is 0.0518 e. The molecule has 2 N–H and O–H groups in total. The number of rotatable bonds is 10. The lowest BCUT2D eigenvalue weighted by molar-refractivity contribution is 0.388. The Hall–Kier alpha value is -2.16. The van der Waals surface area contributed by atoms with Gasteiger partial charge < -0.3 is 10.6 Å². The molecule has 0 fully saturated rings. The molecule has 1 aliphatic carbocycles. The van der Waals surface area contributed by atoms with E-state index in [-0.39, 0.29) is 12.1 Å². The van der Waals surface area contributed by atoms with Gasteiger partial charge in [0.1, 0.15) is 0 Å². The van der Waals surface area contributed by atoms with Gasteiger partial charge in [0.15, 0.2) is 0 Å². The van der Waals surface area contributed by atoms with Crippen LogP contribution in [0.3, 0.4) is 0 Å². The van der Waals surface area contributed by atoms with Gasteiger partial charge in [0.05, 0.1) is 12.1 Å². The third-order valence-corrected chi connectivity index (χ3v) is 5.20. The molecule has 27 heavy (non-hydrogen) atoms. The molecule has 2 nitrogen and oxygen atoms in total. The van der Waals surface area contributed by atoms with Gasteiger partial charge in [0, 0.05) is 0 Å². The molecule has 0 bridgehead atoms. The maximum atomic E-state index is 3.85. The van der Waals surface area contributed by atoms with E-state index in [4.69, 9.17) is 0 Å². The van der Waals surface area contributed by atoms with E-state index < -0.39 is 0 Å². The maximum Gasteiger partial charge on any atom is 0.0518 e. The van der Waals surface area contributed by atoms with Crippen molar-refractivity contribution in [3.8, 4) is 0 Å². The number of likely N-dealkylation sites (N-methyl/N-ethyl adjacent to an activating group) is 1. The molecule has 2 atom stereocenters. The van der Waals surface area contributed by atoms with Gasteiger partial charge >= 0.3 is 0 Å². The van der Waals surface area contributed by atoms with Gasteiger partial charge in [-0.25, -0.2) is 0 Å². The molecule has 0 heterocycles. The van der Waals surface area contributed by atoms with Crippen LogP contribution >= 0.6 is 0 Å². The second-order valence-corrected chi connectivity index (χ2v) is 7.17. The van der Waals surface area contributed by atoms with Crippen molar-refractivity contribution in [1.29, 1.82) is 0 Å². The highest BCUT2D eigenvalue weighted by atomic mass is 15.0. The van der Waals surface area contributed by atoms with Crippen molar-refractivity contribution in [3.05, 3.63) is 95.6 Å². The Morgan fingerprint density at radius 2 is 1.44 bits per heavy atom. The monoisotopic (exact) mass is 360 g/mol. The van der Waals surface area contributed by atoms with Crippen LogP contribution in [0.2, 0.25) is 0 Å². The summed E-state index contributed by atoms with van der Waals surface area (Å²) in [6, 6.07) is 22.2. The molecule has 0 unspecified atom stereocenters. The van der Waals surface area contributed by atoms with Gasteiger partial charge in [-0.1, -0.05) is 91.4 Å².